The Bertz CT molecular complexity index is 423. The van der Waals surface area contributed by atoms with Crippen LogP contribution in [0.5, 0.6) is 0 Å². The third-order valence-electron chi connectivity index (χ3n) is 2.17. The summed E-state index contributed by atoms with van der Waals surface area (Å²) >= 11 is 0. The van der Waals surface area contributed by atoms with Crippen molar-refractivity contribution in [3.05, 3.63) is 22.6 Å². The fourth-order valence-electron chi connectivity index (χ4n) is 1.30. The van der Waals surface area contributed by atoms with Gasteiger partial charge in [0.25, 0.3) is 11.8 Å². The molecule has 0 saturated heterocycles. The van der Waals surface area contributed by atoms with Gasteiger partial charge in [0.15, 0.2) is 0 Å². The number of nitrogens with one attached hydrogen (secondary N) is 1. The minimum atomic E-state index is -0.495. The third-order valence-corrected chi connectivity index (χ3v) is 2.17. The summed E-state index contributed by atoms with van der Waals surface area (Å²) in [7, 11) is 0. The summed E-state index contributed by atoms with van der Waals surface area (Å²) in [6.07, 6.45) is 2.24. The van der Waals surface area contributed by atoms with Gasteiger partial charge in [-0.05, 0) is 5.53 Å². The van der Waals surface area contributed by atoms with Crippen molar-refractivity contribution in [3.8, 4) is 0 Å². The normalized spacial score (nSPS) is 13.6. The summed E-state index contributed by atoms with van der Waals surface area (Å²) in [5.74, 6) is -1.43. The number of nitrogens with zero attached hydrogens (tertiary/aromatic N) is 4. The van der Waals surface area contributed by atoms with Crippen molar-refractivity contribution in [1.29, 1.82) is 0 Å². The number of rotatable bonds is 8. The van der Waals surface area contributed by atoms with Crippen LogP contribution in [0.25, 0.3) is 10.4 Å². The SMILES string of the molecule is [N-]=[N+]=NCCOCCNC(=O)CN1C(=O)C=CC1=O. The van der Waals surface area contributed by atoms with Gasteiger partial charge >= 0.3 is 0 Å². The molecule has 1 heterocycles. The average Bonchev–Trinajstić information content (AvgIpc) is 2.69. The molecule has 0 aromatic carbocycles. The number of ether oxygens (including phenoxy) is 1. The predicted octanol–water partition coefficient (Wildman–Crippen LogP) is -0.646. The summed E-state index contributed by atoms with van der Waals surface area (Å²) in [5.41, 5.74) is 8.00. The van der Waals surface area contributed by atoms with E-state index in [9.17, 15) is 14.4 Å². The Balaban J connectivity index is 2.10. The lowest BCUT2D eigenvalue weighted by Crippen LogP contribution is -2.41. The van der Waals surface area contributed by atoms with Gasteiger partial charge in [-0.1, -0.05) is 5.11 Å². The van der Waals surface area contributed by atoms with Crippen molar-refractivity contribution in [3.63, 3.8) is 0 Å². The smallest absolute Gasteiger partial charge is 0.254 e. The number of imide groups is 1. The number of carbonyl (C=O) groups excluding carboxylic acids is 3. The molecule has 1 N–H and O–H groups in total. The molecule has 0 spiro atoms. The molecule has 19 heavy (non-hydrogen) atoms. The van der Waals surface area contributed by atoms with Crippen LogP contribution in [0.1, 0.15) is 0 Å². The molecule has 0 radical (unpaired) electrons. The molecule has 0 atom stereocenters. The molecule has 0 saturated carbocycles. The zero-order chi connectivity index (χ0) is 14.1. The Morgan fingerprint density at radius 3 is 2.68 bits per heavy atom. The van der Waals surface area contributed by atoms with Crippen LogP contribution in [0.15, 0.2) is 17.3 Å². The van der Waals surface area contributed by atoms with E-state index in [1.807, 2.05) is 0 Å². The largest absolute Gasteiger partial charge is 0.379 e. The number of amides is 3. The first-order valence-corrected chi connectivity index (χ1v) is 5.54. The number of hydrogen-bond acceptors (Lipinski definition) is 5. The lowest BCUT2D eigenvalue weighted by Gasteiger charge is -2.13. The second-order valence-corrected chi connectivity index (χ2v) is 3.51. The topological polar surface area (TPSA) is 124 Å². The fourth-order valence-corrected chi connectivity index (χ4v) is 1.30. The Labute approximate surface area is 108 Å². The molecule has 0 unspecified atom stereocenters. The average molecular weight is 267 g/mol. The summed E-state index contributed by atoms with van der Waals surface area (Å²) in [6, 6.07) is 0. The quantitative estimate of drug-likeness (QED) is 0.206. The van der Waals surface area contributed by atoms with Gasteiger partial charge in [-0.2, -0.15) is 0 Å². The van der Waals surface area contributed by atoms with E-state index in [2.05, 4.69) is 15.3 Å². The Morgan fingerprint density at radius 1 is 1.37 bits per heavy atom. The molecule has 0 aliphatic carbocycles. The highest BCUT2D eigenvalue weighted by Gasteiger charge is 2.25. The van der Waals surface area contributed by atoms with Gasteiger partial charge in [0, 0.05) is 30.2 Å². The summed E-state index contributed by atoms with van der Waals surface area (Å²) < 4.78 is 5.06. The van der Waals surface area contributed by atoms with Crippen molar-refractivity contribution in [2.45, 2.75) is 0 Å². The zero-order valence-electron chi connectivity index (χ0n) is 10.1. The lowest BCUT2D eigenvalue weighted by molar-refractivity contribution is -0.141. The molecule has 1 aliphatic heterocycles. The molecule has 1 aliphatic rings. The van der Waals surface area contributed by atoms with E-state index in [0.717, 1.165) is 17.1 Å². The highest BCUT2D eigenvalue weighted by atomic mass is 16.5. The maximum absolute atomic E-state index is 11.4. The molecule has 102 valence electrons. The van der Waals surface area contributed by atoms with E-state index in [1.54, 1.807) is 0 Å². The number of azide groups is 1. The summed E-state index contributed by atoms with van der Waals surface area (Å²) in [4.78, 5) is 37.2. The molecular formula is C10H13N5O4. The Hall–Kier alpha value is -2.38. The van der Waals surface area contributed by atoms with E-state index >= 15 is 0 Å². The highest BCUT2D eigenvalue weighted by molar-refractivity contribution is 6.14. The van der Waals surface area contributed by atoms with Crippen molar-refractivity contribution in [2.24, 2.45) is 5.11 Å². The van der Waals surface area contributed by atoms with Gasteiger partial charge < -0.3 is 10.1 Å². The van der Waals surface area contributed by atoms with E-state index < -0.39 is 17.7 Å². The van der Waals surface area contributed by atoms with Gasteiger partial charge in [-0.25, -0.2) is 0 Å². The number of hydrogen-bond donors (Lipinski definition) is 1. The molecule has 0 fully saturated rings. The highest BCUT2D eigenvalue weighted by Crippen LogP contribution is 2.01. The molecule has 0 bridgehead atoms. The van der Waals surface area contributed by atoms with Crippen molar-refractivity contribution >= 4 is 17.7 Å². The van der Waals surface area contributed by atoms with Crippen LogP contribution in [0.3, 0.4) is 0 Å². The van der Waals surface area contributed by atoms with Gasteiger partial charge in [0.1, 0.15) is 6.54 Å². The minimum absolute atomic E-state index is 0.229. The maximum Gasteiger partial charge on any atom is 0.254 e. The zero-order valence-corrected chi connectivity index (χ0v) is 10.1. The summed E-state index contributed by atoms with van der Waals surface area (Å²) in [5, 5.41) is 5.77. The Kier molecular flexibility index (Phi) is 6.07. The van der Waals surface area contributed by atoms with E-state index in [-0.39, 0.29) is 32.8 Å². The molecule has 9 nitrogen and oxygen atoms in total. The van der Waals surface area contributed by atoms with E-state index in [4.69, 9.17) is 10.3 Å². The molecule has 1 rings (SSSR count). The summed E-state index contributed by atoms with van der Waals surface area (Å²) in [6.45, 7) is 0.703. The van der Waals surface area contributed by atoms with Gasteiger partial charge in [0.05, 0.1) is 13.2 Å². The molecule has 0 aromatic rings. The number of carbonyl (C=O) groups is 3. The van der Waals surface area contributed by atoms with Crippen molar-refractivity contribution in [2.75, 3.05) is 32.8 Å². The first-order valence-electron chi connectivity index (χ1n) is 5.54. The maximum atomic E-state index is 11.4. The van der Waals surface area contributed by atoms with E-state index in [1.165, 1.54) is 0 Å². The van der Waals surface area contributed by atoms with Gasteiger partial charge in [0.2, 0.25) is 5.91 Å². The fraction of sp³-hybridized carbons (Fsp3) is 0.500. The molecule has 9 heteroatoms. The first-order chi connectivity index (χ1) is 9.15. The first kappa shape index (κ1) is 14.7. The van der Waals surface area contributed by atoms with Crippen LogP contribution in [-0.2, 0) is 19.1 Å². The van der Waals surface area contributed by atoms with Crippen LogP contribution in [0, 0.1) is 0 Å². The monoisotopic (exact) mass is 267 g/mol. The van der Waals surface area contributed by atoms with Crippen LogP contribution >= 0.6 is 0 Å². The van der Waals surface area contributed by atoms with Crippen LogP contribution in [0.4, 0.5) is 0 Å². The third kappa shape index (κ3) is 5.19. The minimum Gasteiger partial charge on any atom is -0.379 e. The van der Waals surface area contributed by atoms with Crippen molar-refractivity contribution < 1.29 is 19.1 Å². The second kappa shape index (κ2) is 7.85. The predicted molar refractivity (Wildman–Crippen MR) is 63.7 cm³/mol. The van der Waals surface area contributed by atoms with Gasteiger partial charge in [-0.15, -0.1) is 0 Å². The lowest BCUT2D eigenvalue weighted by atomic mass is 10.4. The molecule has 0 aromatic heterocycles. The van der Waals surface area contributed by atoms with Crippen LogP contribution in [0.2, 0.25) is 0 Å². The van der Waals surface area contributed by atoms with Crippen molar-refractivity contribution in [1.82, 2.24) is 10.2 Å². The van der Waals surface area contributed by atoms with E-state index in [0.29, 0.717) is 0 Å². The van der Waals surface area contributed by atoms with Crippen LogP contribution < -0.4 is 5.32 Å². The van der Waals surface area contributed by atoms with Gasteiger partial charge in [-0.3, -0.25) is 19.3 Å². The Morgan fingerprint density at radius 2 is 2.05 bits per heavy atom. The standard InChI is InChI=1S/C10H13N5O4/c11-14-13-4-6-19-5-3-12-8(16)7-15-9(17)1-2-10(15)18/h1-2H,3-7H2,(H,12,16). The van der Waals surface area contributed by atoms with Crippen LogP contribution in [-0.4, -0.2) is 55.5 Å². The molecular weight excluding hydrogens is 254 g/mol. The molecule has 3 amide bonds. The second-order valence-electron chi connectivity index (χ2n) is 3.51.